The molecule has 0 aliphatic carbocycles. The third-order valence-electron chi connectivity index (χ3n) is 3.15. The van der Waals surface area contributed by atoms with E-state index in [2.05, 4.69) is 0 Å². The molecule has 0 atom stereocenters. The summed E-state index contributed by atoms with van der Waals surface area (Å²) < 4.78 is 37.9. The number of hydrogen-bond acceptors (Lipinski definition) is 1. The maximum Gasteiger partial charge on any atom is 0.416 e. The summed E-state index contributed by atoms with van der Waals surface area (Å²) in [6, 6.07) is 10.5. The van der Waals surface area contributed by atoms with Crippen molar-refractivity contribution in [3.63, 3.8) is 0 Å². The van der Waals surface area contributed by atoms with E-state index in [0.717, 1.165) is 29.5 Å². The summed E-state index contributed by atoms with van der Waals surface area (Å²) in [5.41, 5.74) is 2.33. The van der Waals surface area contributed by atoms with Crippen LogP contribution in [0.15, 0.2) is 42.5 Å². The lowest BCUT2D eigenvalue weighted by Gasteiger charge is -2.10. The zero-order chi connectivity index (χ0) is 14.8. The average molecular weight is 278 g/mol. The van der Waals surface area contributed by atoms with E-state index in [0.29, 0.717) is 17.5 Å². The van der Waals surface area contributed by atoms with Crippen molar-refractivity contribution in [1.82, 2.24) is 0 Å². The quantitative estimate of drug-likeness (QED) is 0.760. The molecule has 2 aromatic carbocycles. The number of halogens is 3. The molecule has 104 valence electrons. The van der Waals surface area contributed by atoms with Crippen molar-refractivity contribution in [2.75, 3.05) is 0 Å². The van der Waals surface area contributed by atoms with E-state index in [1.165, 1.54) is 6.07 Å². The van der Waals surface area contributed by atoms with Crippen LogP contribution in [0.5, 0.6) is 0 Å². The fourth-order valence-corrected chi connectivity index (χ4v) is 2.07. The Hall–Kier alpha value is -2.10. The van der Waals surface area contributed by atoms with E-state index in [1.54, 1.807) is 24.3 Å². The second-order valence-electron chi connectivity index (χ2n) is 4.68. The molecule has 0 spiro atoms. The molecule has 1 nitrogen and oxygen atoms in total. The Morgan fingerprint density at radius 3 is 2.45 bits per heavy atom. The van der Waals surface area contributed by atoms with Crippen molar-refractivity contribution >= 4 is 6.29 Å². The van der Waals surface area contributed by atoms with Crippen molar-refractivity contribution in [3.8, 4) is 0 Å². The molecule has 0 aromatic heterocycles. The van der Waals surface area contributed by atoms with Gasteiger partial charge in [0, 0.05) is 5.56 Å². The van der Waals surface area contributed by atoms with Crippen LogP contribution < -0.4 is 0 Å². The molecule has 2 aromatic rings. The second kappa shape index (κ2) is 5.49. The number of carbonyl (C=O) groups excluding carboxylic acids is 1. The summed E-state index contributed by atoms with van der Waals surface area (Å²) in [5.74, 6) is 0. The number of benzene rings is 2. The Balaban J connectivity index is 2.28. The molecule has 20 heavy (non-hydrogen) atoms. The largest absolute Gasteiger partial charge is 0.416 e. The minimum absolute atomic E-state index is 0.412. The Bertz CT molecular complexity index is 630. The number of aryl methyl sites for hydroxylation is 1. The Kier molecular flexibility index (Phi) is 3.93. The highest BCUT2D eigenvalue weighted by atomic mass is 19.4. The van der Waals surface area contributed by atoms with Gasteiger partial charge in [0.15, 0.2) is 0 Å². The lowest BCUT2D eigenvalue weighted by molar-refractivity contribution is -0.137. The molecular formula is C16H13F3O. The van der Waals surface area contributed by atoms with E-state index in [1.807, 2.05) is 6.92 Å². The van der Waals surface area contributed by atoms with Gasteiger partial charge in [0.05, 0.1) is 5.56 Å². The molecule has 0 unspecified atom stereocenters. The van der Waals surface area contributed by atoms with Gasteiger partial charge in [0.1, 0.15) is 6.29 Å². The molecule has 0 bridgehead atoms. The molecule has 0 aliphatic heterocycles. The smallest absolute Gasteiger partial charge is 0.298 e. The topological polar surface area (TPSA) is 17.1 Å². The van der Waals surface area contributed by atoms with E-state index >= 15 is 0 Å². The van der Waals surface area contributed by atoms with Crippen LogP contribution >= 0.6 is 0 Å². The van der Waals surface area contributed by atoms with Crippen molar-refractivity contribution in [3.05, 3.63) is 70.3 Å². The van der Waals surface area contributed by atoms with Gasteiger partial charge in [-0.2, -0.15) is 13.2 Å². The summed E-state index contributed by atoms with van der Waals surface area (Å²) in [4.78, 5) is 10.7. The van der Waals surface area contributed by atoms with Crippen LogP contribution in [0.25, 0.3) is 0 Å². The van der Waals surface area contributed by atoms with Crippen LogP contribution in [0, 0.1) is 6.92 Å². The maximum absolute atomic E-state index is 12.6. The van der Waals surface area contributed by atoms with Gasteiger partial charge in [0.2, 0.25) is 0 Å². The van der Waals surface area contributed by atoms with Crippen molar-refractivity contribution in [1.29, 1.82) is 0 Å². The number of rotatable bonds is 3. The molecule has 0 heterocycles. The summed E-state index contributed by atoms with van der Waals surface area (Å²) in [5, 5.41) is 0. The van der Waals surface area contributed by atoms with Gasteiger partial charge in [0.25, 0.3) is 0 Å². The van der Waals surface area contributed by atoms with Crippen LogP contribution in [0.4, 0.5) is 13.2 Å². The zero-order valence-electron chi connectivity index (χ0n) is 10.9. The van der Waals surface area contributed by atoms with Crippen LogP contribution in [0.2, 0.25) is 0 Å². The van der Waals surface area contributed by atoms with Gasteiger partial charge in [-0.25, -0.2) is 0 Å². The molecule has 0 saturated heterocycles. The molecule has 0 saturated carbocycles. The molecular weight excluding hydrogens is 265 g/mol. The molecule has 0 aliphatic rings. The van der Waals surface area contributed by atoms with Gasteiger partial charge in [-0.05, 0) is 42.2 Å². The summed E-state index contributed by atoms with van der Waals surface area (Å²) in [6.07, 6.45) is -3.16. The minimum Gasteiger partial charge on any atom is -0.298 e. The highest BCUT2D eigenvalue weighted by Gasteiger charge is 2.30. The summed E-state index contributed by atoms with van der Waals surface area (Å²) >= 11 is 0. The summed E-state index contributed by atoms with van der Waals surface area (Å²) in [6.45, 7) is 1.84. The lowest BCUT2D eigenvalue weighted by atomic mass is 9.98. The third kappa shape index (κ3) is 3.26. The van der Waals surface area contributed by atoms with Gasteiger partial charge in [-0.3, -0.25) is 4.79 Å². The van der Waals surface area contributed by atoms with Crippen LogP contribution in [0.1, 0.15) is 32.6 Å². The number of hydrogen-bond donors (Lipinski definition) is 0. The number of alkyl halides is 3. The first kappa shape index (κ1) is 14.3. The van der Waals surface area contributed by atoms with Crippen molar-refractivity contribution in [2.24, 2.45) is 0 Å². The zero-order valence-corrected chi connectivity index (χ0v) is 10.9. The molecule has 4 heteroatoms. The molecule has 0 amide bonds. The molecule has 0 N–H and O–H groups in total. The fraction of sp³-hybridized carbons (Fsp3) is 0.188. The standard InChI is InChI=1S/C16H13F3O/c1-11-7-13(10-20)5-6-14(11)8-12-3-2-4-15(9-12)16(17,18)19/h2-7,9-10H,8H2,1H3. The monoisotopic (exact) mass is 278 g/mol. The first-order valence-electron chi connectivity index (χ1n) is 6.11. The van der Waals surface area contributed by atoms with E-state index < -0.39 is 11.7 Å². The molecule has 0 fully saturated rings. The summed E-state index contributed by atoms with van der Waals surface area (Å²) in [7, 11) is 0. The highest BCUT2D eigenvalue weighted by molar-refractivity contribution is 5.75. The van der Waals surface area contributed by atoms with Crippen LogP contribution in [0.3, 0.4) is 0 Å². The SMILES string of the molecule is Cc1cc(C=O)ccc1Cc1cccc(C(F)(F)F)c1. The first-order chi connectivity index (χ1) is 9.40. The second-order valence-corrected chi connectivity index (χ2v) is 4.68. The third-order valence-corrected chi connectivity index (χ3v) is 3.15. The molecule has 2 rings (SSSR count). The average Bonchev–Trinajstić information content (AvgIpc) is 2.40. The minimum atomic E-state index is -4.33. The van der Waals surface area contributed by atoms with Gasteiger partial charge < -0.3 is 0 Å². The van der Waals surface area contributed by atoms with Crippen LogP contribution in [-0.4, -0.2) is 6.29 Å². The van der Waals surface area contributed by atoms with Gasteiger partial charge in [-0.15, -0.1) is 0 Å². The van der Waals surface area contributed by atoms with Gasteiger partial charge >= 0.3 is 6.18 Å². The van der Waals surface area contributed by atoms with E-state index in [-0.39, 0.29) is 0 Å². The predicted molar refractivity (Wildman–Crippen MR) is 70.8 cm³/mol. The Labute approximate surface area is 115 Å². The Morgan fingerprint density at radius 2 is 1.85 bits per heavy atom. The van der Waals surface area contributed by atoms with Crippen LogP contribution in [-0.2, 0) is 12.6 Å². The number of carbonyl (C=O) groups is 1. The normalized spacial score (nSPS) is 11.4. The molecule has 0 radical (unpaired) electrons. The predicted octanol–water partition coefficient (Wildman–Crippen LogP) is 4.42. The number of aldehydes is 1. The van der Waals surface area contributed by atoms with Crippen molar-refractivity contribution < 1.29 is 18.0 Å². The Morgan fingerprint density at radius 1 is 1.10 bits per heavy atom. The first-order valence-corrected chi connectivity index (χ1v) is 6.11. The lowest BCUT2D eigenvalue weighted by Crippen LogP contribution is -2.05. The van der Waals surface area contributed by atoms with E-state index in [4.69, 9.17) is 0 Å². The van der Waals surface area contributed by atoms with Crippen molar-refractivity contribution in [2.45, 2.75) is 19.5 Å². The maximum atomic E-state index is 12.6. The van der Waals surface area contributed by atoms with E-state index in [9.17, 15) is 18.0 Å². The van der Waals surface area contributed by atoms with Gasteiger partial charge in [-0.1, -0.05) is 30.3 Å². The fourth-order valence-electron chi connectivity index (χ4n) is 2.07. The highest BCUT2D eigenvalue weighted by Crippen LogP contribution is 2.30.